The normalized spacial score (nSPS) is 10.8. The first kappa shape index (κ1) is 23.2. The van der Waals surface area contributed by atoms with Gasteiger partial charge in [0.05, 0.1) is 13.2 Å². The van der Waals surface area contributed by atoms with E-state index in [4.69, 9.17) is 4.74 Å². The van der Waals surface area contributed by atoms with E-state index in [1.54, 1.807) is 11.3 Å². The Morgan fingerprint density at radius 3 is 2.67 bits per heavy atom. The molecule has 0 saturated carbocycles. The summed E-state index contributed by atoms with van der Waals surface area (Å²) in [6, 6.07) is 4.15. The monoisotopic (exact) mass is 467 g/mol. The van der Waals surface area contributed by atoms with E-state index in [9.17, 15) is 4.79 Å². The number of nitrogens with one attached hydrogen (secondary N) is 2. The average Bonchev–Trinajstić information content (AvgIpc) is 3.05. The summed E-state index contributed by atoms with van der Waals surface area (Å²) in [5.41, 5.74) is 0. The molecule has 24 heavy (non-hydrogen) atoms. The number of hydrogen-bond acceptors (Lipinski definition) is 4. The molecule has 1 heterocycles. The third kappa shape index (κ3) is 11.7. The first-order valence-corrected chi connectivity index (χ1v) is 9.34. The highest BCUT2D eigenvalue weighted by atomic mass is 127. The number of guanidine groups is 1. The fourth-order valence-corrected chi connectivity index (χ4v) is 2.72. The Hall–Kier alpha value is -0.830. The van der Waals surface area contributed by atoms with Crippen LogP contribution in [0.1, 0.15) is 50.8 Å². The van der Waals surface area contributed by atoms with Gasteiger partial charge in [-0.1, -0.05) is 18.9 Å². The second kappa shape index (κ2) is 15.7. The summed E-state index contributed by atoms with van der Waals surface area (Å²) in [6.45, 7) is 6.85. The number of carbonyl (C=O) groups excluding carboxylic acids is 1. The van der Waals surface area contributed by atoms with Gasteiger partial charge in [-0.3, -0.25) is 4.79 Å². The molecular weight excluding hydrogens is 437 g/mol. The van der Waals surface area contributed by atoms with Crippen LogP contribution in [0, 0.1) is 0 Å². The van der Waals surface area contributed by atoms with Crippen LogP contribution in [0.5, 0.6) is 0 Å². The predicted octanol–water partition coefficient (Wildman–Crippen LogP) is 3.93. The lowest BCUT2D eigenvalue weighted by Crippen LogP contribution is -2.37. The molecule has 0 unspecified atom stereocenters. The van der Waals surface area contributed by atoms with Crippen molar-refractivity contribution in [2.45, 2.75) is 52.5 Å². The van der Waals surface area contributed by atoms with E-state index in [-0.39, 0.29) is 29.9 Å². The molecule has 1 rings (SSSR count). The summed E-state index contributed by atoms with van der Waals surface area (Å²) in [5.74, 6) is 0.785. The zero-order valence-electron chi connectivity index (χ0n) is 14.7. The van der Waals surface area contributed by atoms with Gasteiger partial charge in [0.25, 0.3) is 0 Å². The van der Waals surface area contributed by atoms with E-state index in [0.29, 0.717) is 19.6 Å². The Balaban J connectivity index is 0.00000529. The second-order valence-electron chi connectivity index (χ2n) is 5.17. The van der Waals surface area contributed by atoms with E-state index < -0.39 is 0 Å². The SMILES string of the molecule is CCNC(=NCc1cccs1)NCCCCCCC(=O)OCC.I. The molecule has 0 atom stereocenters. The summed E-state index contributed by atoms with van der Waals surface area (Å²) in [6.07, 6.45) is 4.68. The molecule has 0 aliphatic heterocycles. The Bertz CT molecular complexity index is 453. The van der Waals surface area contributed by atoms with Crippen molar-refractivity contribution < 1.29 is 9.53 Å². The van der Waals surface area contributed by atoms with Crippen molar-refractivity contribution in [1.82, 2.24) is 10.6 Å². The Morgan fingerprint density at radius 1 is 1.21 bits per heavy atom. The number of esters is 1. The van der Waals surface area contributed by atoms with Gasteiger partial charge < -0.3 is 15.4 Å². The van der Waals surface area contributed by atoms with Crippen LogP contribution in [0.4, 0.5) is 0 Å². The molecule has 0 aromatic carbocycles. The lowest BCUT2D eigenvalue weighted by molar-refractivity contribution is -0.143. The van der Waals surface area contributed by atoms with Crippen LogP contribution < -0.4 is 10.6 Å². The van der Waals surface area contributed by atoms with Crippen LogP contribution in [-0.4, -0.2) is 31.6 Å². The summed E-state index contributed by atoms with van der Waals surface area (Å²) < 4.78 is 4.91. The number of carbonyl (C=O) groups is 1. The van der Waals surface area contributed by atoms with Crippen molar-refractivity contribution in [3.63, 3.8) is 0 Å². The van der Waals surface area contributed by atoms with E-state index in [0.717, 1.165) is 44.7 Å². The number of rotatable bonds is 11. The van der Waals surface area contributed by atoms with Gasteiger partial charge in [-0.05, 0) is 38.1 Å². The van der Waals surface area contributed by atoms with Crippen molar-refractivity contribution in [1.29, 1.82) is 0 Å². The molecule has 7 heteroatoms. The van der Waals surface area contributed by atoms with Crippen LogP contribution in [0.25, 0.3) is 0 Å². The molecule has 0 bridgehead atoms. The van der Waals surface area contributed by atoms with Gasteiger partial charge in [0.15, 0.2) is 5.96 Å². The molecule has 1 aromatic heterocycles. The third-order valence-electron chi connectivity index (χ3n) is 3.22. The second-order valence-corrected chi connectivity index (χ2v) is 6.20. The molecule has 0 amide bonds. The maximum atomic E-state index is 11.2. The maximum absolute atomic E-state index is 11.2. The summed E-state index contributed by atoms with van der Waals surface area (Å²) in [5, 5.41) is 8.68. The highest BCUT2D eigenvalue weighted by Crippen LogP contribution is 2.09. The third-order valence-corrected chi connectivity index (χ3v) is 4.08. The van der Waals surface area contributed by atoms with E-state index >= 15 is 0 Å². The number of aliphatic imine (C=N–C) groups is 1. The number of nitrogens with zero attached hydrogens (tertiary/aromatic N) is 1. The lowest BCUT2D eigenvalue weighted by atomic mass is 10.1. The largest absolute Gasteiger partial charge is 0.466 e. The van der Waals surface area contributed by atoms with Crippen LogP contribution in [0.2, 0.25) is 0 Å². The molecule has 0 saturated heterocycles. The van der Waals surface area contributed by atoms with Crippen molar-refractivity contribution >= 4 is 47.2 Å². The zero-order chi connectivity index (χ0) is 16.8. The predicted molar refractivity (Wildman–Crippen MR) is 112 cm³/mol. The molecule has 1 aromatic rings. The number of thiophene rings is 1. The molecule has 138 valence electrons. The molecule has 0 fully saturated rings. The Morgan fingerprint density at radius 2 is 2.00 bits per heavy atom. The zero-order valence-corrected chi connectivity index (χ0v) is 17.8. The highest BCUT2D eigenvalue weighted by Gasteiger charge is 2.01. The topological polar surface area (TPSA) is 62.7 Å². The molecule has 0 aliphatic rings. The van der Waals surface area contributed by atoms with Crippen LogP contribution in [0.15, 0.2) is 22.5 Å². The van der Waals surface area contributed by atoms with Crippen LogP contribution in [0.3, 0.4) is 0 Å². The fourth-order valence-electron chi connectivity index (χ4n) is 2.09. The molecule has 0 aliphatic carbocycles. The van der Waals surface area contributed by atoms with Gasteiger partial charge in [0.2, 0.25) is 0 Å². The fraction of sp³-hybridized carbons (Fsp3) is 0.647. The van der Waals surface area contributed by atoms with E-state index in [1.807, 2.05) is 13.0 Å². The first-order chi connectivity index (χ1) is 11.3. The molecule has 5 nitrogen and oxygen atoms in total. The standard InChI is InChI=1S/C17H29N3O2S.HI/c1-3-18-17(20-14-15-10-9-13-23-15)19-12-8-6-5-7-11-16(21)22-4-2;/h9-10,13H,3-8,11-12,14H2,1-2H3,(H2,18,19,20);1H. The van der Waals surface area contributed by atoms with E-state index in [1.165, 1.54) is 4.88 Å². The molecule has 0 radical (unpaired) electrons. The summed E-state index contributed by atoms with van der Waals surface area (Å²) >= 11 is 1.73. The number of ether oxygens (including phenoxy) is 1. The number of halogens is 1. The number of hydrogen-bond donors (Lipinski definition) is 2. The Labute approximate surface area is 166 Å². The van der Waals surface area contributed by atoms with Crippen molar-refractivity contribution in [2.24, 2.45) is 4.99 Å². The average molecular weight is 467 g/mol. The molecule has 0 spiro atoms. The van der Waals surface area contributed by atoms with Crippen LogP contribution >= 0.6 is 35.3 Å². The maximum Gasteiger partial charge on any atom is 0.305 e. The minimum Gasteiger partial charge on any atom is -0.466 e. The van der Waals surface area contributed by atoms with Gasteiger partial charge >= 0.3 is 5.97 Å². The van der Waals surface area contributed by atoms with Gasteiger partial charge in [0, 0.05) is 24.4 Å². The molecular formula is C17H30IN3O2S. The van der Waals surface area contributed by atoms with Crippen molar-refractivity contribution in [3.8, 4) is 0 Å². The summed E-state index contributed by atoms with van der Waals surface area (Å²) in [4.78, 5) is 17.0. The van der Waals surface area contributed by atoms with Gasteiger partial charge in [-0.15, -0.1) is 35.3 Å². The van der Waals surface area contributed by atoms with E-state index in [2.05, 4.69) is 34.0 Å². The smallest absolute Gasteiger partial charge is 0.305 e. The molecule has 2 N–H and O–H groups in total. The van der Waals surface area contributed by atoms with Gasteiger partial charge in [-0.2, -0.15) is 0 Å². The minimum atomic E-state index is -0.0826. The minimum absolute atomic E-state index is 0. The van der Waals surface area contributed by atoms with Crippen molar-refractivity contribution in [2.75, 3.05) is 19.7 Å². The summed E-state index contributed by atoms with van der Waals surface area (Å²) in [7, 11) is 0. The van der Waals surface area contributed by atoms with Gasteiger partial charge in [0.1, 0.15) is 0 Å². The number of unbranched alkanes of at least 4 members (excludes halogenated alkanes) is 3. The van der Waals surface area contributed by atoms with Gasteiger partial charge in [-0.25, -0.2) is 4.99 Å². The quantitative estimate of drug-likeness (QED) is 0.170. The first-order valence-electron chi connectivity index (χ1n) is 8.46. The lowest BCUT2D eigenvalue weighted by Gasteiger charge is -2.11. The van der Waals surface area contributed by atoms with Crippen molar-refractivity contribution in [3.05, 3.63) is 22.4 Å². The Kier molecular flexibility index (Phi) is 15.1. The highest BCUT2D eigenvalue weighted by molar-refractivity contribution is 14.0. The van der Waals surface area contributed by atoms with Crippen LogP contribution in [-0.2, 0) is 16.1 Å².